The molecule has 4 rings (SSSR count). The third-order valence-corrected chi connectivity index (χ3v) is 5.74. The van der Waals surface area contributed by atoms with E-state index in [9.17, 15) is 4.79 Å². The van der Waals surface area contributed by atoms with Gasteiger partial charge < -0.3 is 19.3 Å². The first-order chi connectivity index (χ1) is 15.2. The summed E-state index contributed by atoms with van der Waals surface area (Å²) in [5.41, 5.74) is 3.15. The second kappa shape index (κ2) is 9.75. The SMILES string of the molecule is COc1ccccc1N1CCN(C(=O)COc2ccc(-c3ccccc3)cc2Cl)CC1. The summed E-state index contributed by atoms with van der Waals surface area (Å²) in [6, 6.07) is 23.6. The molecule has 3 aromatic carbocycles. The van der Waals surface area contributed by atoms with E-state index in [-0.39, 0.29) is 12.5 Å². The highest BCUT2D eigenvalue weighted by atomic mass is 35.5. The first-order valence-corrected chi connectivity index (χ1v) is 10.7. The Kier molecular flexibility index (Phi) is 6.63. The minimum Gasteiger partial charge on any atom is -0.495 e. The minimum absolute atomic E-state index is 0.0287. The minimum atomic E-state index is -0.0390. The number of ether oxygens (including phenoxy) is 2. The van der Waals surface area contributed by atoms with Crippen LogP contribution in [0, 0.1) is 0 Å². The fourth-order valence-electron chi connectivity index (χ4n) is 3.75. The van der Waals surface area contributed by atoms with Crippen LogP contribution in [0.4, 0.5) is 5.69 Å². The molecule has 0 saturated carbocycles. The number of rotatable bonds is 6. The van der Waals surface area contributed by atoms with Crippen molar-refractivity contribution in [1.82, 2.24) is 4.90 Å². The molecule has 3 aromatic rings. The number of carbonyl (C=O) groups excluding carboxylic acids is 1. The molecule has 1 saturated heterocycles. The van der Waals surface area contributed by atoms with Gasteiger partial charge in [0, 0.05) is 26.2 Å². The molecule has 0 spiro atoms. The number of para-hydroxylation sites is 2. The molecule has 160 valence electrons. The Morgan fingerprint density at radius 3 is 2.29 bits per heavy atom. The number of hydrogen-bond donors (Lipinski definition) is 0. The Labute approximate surface area is 187 Å². The van der Waals surface area contributed by atoms with E-state index < -0.39 is 0 Å². The Morgan fingerprint density at radius 2 is 1.58 bits per heavy atom. The van der Waals surface area contributed by atoms with Crippen LogP contribution < -0.4 is 14.4 Å². The summed E-state index contributed by atoms with van der Waals surface area (Å²) in [6.07, 6.45) is 0. The van der Waals surface area contributed by atoms with Crippen molar-refractivity contribution in [3.63, 3.8) is 0 Å². The quantitative estimate of drug-likeness (QED) is 0.559. The van der Waals surface area contributed by atoms with Gasteiger partial charge in [-0.25, -0.2) is 0 Å². The molecule has 0 N–H and O–H groups in total. The monoisotopic (exact) mass is 436 g/mol. The van der Waals surface area contributed by atoms with Gasteiger partial charge in [0.1, 0.15) is 11.5 Å². The lowest BCUT2D eigenvalue weighted by Crippen LogP contribution is -2.50. The average Bonchev–Trinajstić information content (AvgIpc) is 2.83. The van der Waals surface area contributed by atoms with E-state index in [1.54, 1.807) is 7.11 Å². The van der Waals surface area contributed by atoms with E-state index >= 15 is 0 Å². The molecule has 1 aliphatic rings. The molecular formula is C25H25ClN2O3. The molecule has 1 aliphatic heterocycles. The van der Waals surface area contributed by atoms with Crippen molar-refractivity contribution >= 4 is 23.2 Å². The summed E-state index contributed by atoms with van der Waals surface area (Å²) in [5.74, 6) is 1.32. The zero-order chi connectivity index (χ0) is 21.6. The van der Waals surface area contributed by atoms with Crippen LogP contribution in [0.5, 0.6) is 11.5 Å². The molecule has 0 unspecified atom stereocenters. The van der Waals surface area contributed by atoms with Gasteiger partial charge in [0.2, 0.25) is 0 Å². The van der Waals surface area contributed by atoms with Crippen molar-refractivity contribution in [3.05, 3.63) is 77.8 Å². The van der Waals surface area contributed by atoms with Gasteiger partial charge in [-0.1, -0.05) is 60.1 Å². The van der Waals surface area contributed by atoms with Crippen molar-refractivity contribution in [2.75, 3.05) is 44.8 Å². The van der Waals surface area contributed by atoms with Crippen LogP contribution in [0.3, 0.4) is 0 Å². The molecule has 1 fully saturated rings. The summed E-state index contributed by atoms with van der Waals surface area (Å²) in [6.45, 7) is 2.75. The van der Waals surface area contributed by atoms with Gasteiger partial charge in [-0.2, -0.15) is 0 Å². The molecule has 6 heteroatoms. The molecule has 0 radical (unpaired) electrons. The number of methoxy groups -OCH3 is 1. The number of anilines is 1. The van der Waals surface area contributed by atoms with E-state index in [1.807, 2.05) is 77.7 Å². The van der Waals surface area contributed by atoms with Gasteiger partial charge in [0.15, 0.2) is 6.61 Å². The molecule has 0 atom stereocenters. The number of amides is 1. The van der Waals surface area contributed by atoms with Crippen molar-refractivity contribution in [2.45, 2.75) is 0 Å². The number of benzene rings is 3. The summed E-state index contributed by atoms with van der Waals surface area (Å²) in [5, 5.41) is 0.496. The number of halogens is 1. The molecule has 1 heterocycles. The molecule has 0 aliphatic carbocycles. The lowest BCUT2D eigenvalue weighted by atomic mass is 10.1. The first kappa shape index (κ1) is 21.1. The average molecular weight is 437 g/mol. The highest BCUT2D eigenvalue weighted by Gasteiger charge is 2.23. The third kappa shape index (κ3) is 4.94. The Balaban J connectivity index is 1.32. The normalized spacial score (nSPS) is 13.7. The summed E-state index contributed by atoms with van der Waals surface area (Å²) in [7, 11) is 1.67. The Bertz CT molecular complexity index is 1030. The molecule has 0 aromatic heterocycles. The summed E-state index contributed by atoms with van der Waals surface area (Å²) >= 11 is 6.40. The summed E-state index contributed by atoms with van der Waals surface area (Å²) in [4.78, 5) is 16.7. The predicted octanol–water partition coefficient (Wildman–Crippen LogP) is 4.74. The van der Waals surface area contributed by atoms with Crippen LogP contribution in [0.15, 0.2) is 72.8 Å². The van der Waals surface area contributed by atoms with Crippen LogP contribution in [0.1, 0.15) is 0 Å². The molecular weight excluding hydrogens is 412 g/mol. The zero-order valence-electron chi connectivity index (χ0n) is 17.5. The fraction of sp³-hybridized carbons (Fsp3) is 0.240. The van der Waals surface area contributed by atoms with Gasteiger partial charge >= 0.3 is 0 Å². The Hall–Kier alpha value is -3.18. The van der Waals surface area contributed by atoms with Crippen LogP contribution in [0.25, 0.3) is 11.1 Å². The maximum absolute atomic E-state index is 12.7. The van der Waals surface area contributed by atoms with E-state index in [0.29, 0.717) is 23.9 Å². The highest BCUT2D eigenvalue weighted by molar-refractivity contribution is 6.32. The molecule has 31 heavy (non-hydrogen) atoms. The number of piperazine rings is 1. The van der Waals surface area contributed by atoms with Gasteiger partial charge in [-0.3, -0.25) is 4.79 Å². The van der Waals surface area contributed by atoms with E-state index in [1.165, 1.54) is 0 Å². The fourth-order valence-corrected chi connectivity index (χ4v) is 3.98. The van der Waals surface area contributed by atoms with Crippen molar-refractivity contribution in [2.24, 2.45) is 0 Å². The Morgan fingerprint density at radius 1 is 0.871 bits per heavy atom. The van der Waals surface area contributed by atoms with E-state index in [4.69, 9.17) is 21.1 Å². The van der Waals surface area contributed by atoms with Crippen LogP contribution in [-0.4, -0.2) is 50.7 Å². The molecule has 5 nitrogen and oxygen atoms in total. The van der Waals surface area contributed by atoms with Gasteiger partial charge in [-0.05, 0) is 35.4 Å². The van der Waals surface area contributed by atoms with Crippen molar-refractivity contribution < 1.29 is 14.3 Å². The largest absolute Gasteiger partial charge is 0.495 e. The topological polar surface area (TPSA) is 42.0 Å². The smallest absolute Gasteiger partial charge is 0.260 e. The number of hydrogen-bond acceptors (Lipinski definition) is 4. The number of carbonyl (C=O) groups is 1. The predicted molar refractivity (Wildman–Crippen MR) is 124 cm³/mol. The van der Waals surface area contributed by atoms with Gasteiger partial charge in [0.25, 0.3) is 5.91 Å². The number of nitrogens with zero attached hydrogens (tertiary/aromatic N) is 2. The van der Waals surface area contributed by atoms with Crippen molar-refractivity contribution in [3.8, 4) is 22.6 Å². The van der Waals surface area contributed by atoms with E-state index in [2.05, 4.69) is 4.90 Å². The van der Waals surface area contributed by atoms with Crippen molar-refractivity contribution in [1.29, 1.82) is 0 Å². The van der Waals surface area contributed by atoms with Crippen LogP contribution in [-0.2, 0) is 4.79 Å². The van der Waals surface area contributed by atoms with Crippen LogP contribution >= 0.6 is 11.6 Å². The highest BCUT2D eigenvalue weighted by Crippen LogP contribution is 2.31. The zero-order valence-corrected chi connectivity index (χ0v) is 18.2. The first-order valence-electron chi connectivity index (χ1n) is 10.3. The lowest BCUT2D eigenvalue weighted by molar-refractivity contribution is -0.133. The third-order valence-electron chi connectivity index (χ3n) is 5.45. The van der Waals surface area contributed by atoms with Gasteiger partial charge in [-0.15, -0.1) is 0 Å². The second-order valence-electron chi connectivity index (χ2n) is 7.34. The molecule has 0 bridgehead atoms. The standard InChI is InChI=1S/C25H25ClN2O3/c1-30-24-10-6-5-9-22(24)27-13-15-28(16-14-27)25(29)18-31-23-12-11-20(17-21(23)26)19-7-3-2-4-8-19/h2-12,17H,13-16,18H2,1H3. The maximum Gasteiger partial charge on any atom is 0.260 e. The van der Waals surface area contributed by atoms with Gasteiger partial charge in [0.05, 0.1) is 17.8 Å². The summed E-state index contributed by atoms with van der Waals surface area (Å²) < 4.78 is 11.2. The lowest BCUT2D eigenvalue weighted by Gasteiger charge is -2.36. The maximum atomic E-state index is 12.7. The van der Waals surface area contributed by atoms with E-state index in [0.717, 1.165) is 35.7 Å². The molecule has 1 amide bonds. The van der Waals surface area contributed by atoms with Crippen LogP contribution in [0.2, 0.25) is 5.02 Å². The second-order valence-corrected chi connectivity index (χ2v) is 7.75.